The number of hydrogen-bond donors (Lipinski definition) is 1. The summed E-state index contributed by atoms with van der Waals surface area (Å²) >= 11 is 3.28. The van der Waals surface area contributed by atoms with Crippen LogP contribution < -0.4 is 5.32 Å². The number of nitrogens with zero attached hydrogens (tertiary/aromatic N) is 2. The summed E-state index contributed by atoms with van der Waals surface area (Å²) in [5.74, 6) is 1.36. The van der Waals surface area contributed by atoms with Gasteiger partial charge in [-0.15, -0.1) is 11.3 Å². The predicted molar refractivity (Wildman–Crippen MR) is 88.3 cm³/mol. The van der Waals surface area contributed by atoms with Gasteiger partial charge in [0.2, 0.25) is 5.91 Å². The molecule has 2 rings (SSSR count). The third-order valence-electron chi connectivity index (χ3n) is 3.16. The van der Waals surface area contributed by atoms with Crippen molar-refractivity contribution in [3.05, 3.63) is 22.2 Å². The average molecular weight is 321 g/mol. The summed E-state index contributed by atoms with van der Waals surface area (Å²) in [6.45, 7) is 6.33. The second-order valence-corrected chi connectivity index (χ2v) is 8.30. The van der Waals surface area contributed by atoms with Crippen molar-refractivity contribution in [2.45, 2.75) is 38.1 Å². The van der Waals surface area contributed by atoms with Crippen molar-refractivity contribution in [3.63, 3.8) is 0 Å². The first-order valence-electron chi connectivity index (χ1n) is 6.80. The van der Waals surface area contributed by atoms with Gasteiger partial charge in [-0.2, -0.15) is 17.0 Å². The van der Waals surface area contributed by atoms with Crippen LogP contribution >= 0.6 is 23.1 Å². The Kier molecular flexibility index (Phi) is 4.74. The molecule has 1 atom stereocenters. The Labute approximate surface area is 133 Å². The van der Waals surface area contributed by atoms with E-state index >= 15 is 0 Å². The van der Waals surface area contributed by atoms with Gasteiger partial charge in [-0.1, -0.05) is 20.8 Å². The van der Waals surface area contributed by atoms with E-state index in [0.717, 1.165) is 15.6 Å². The highest BCUT2D eigenvalue weighted by Gasteiger charge is 2.35. The minimum Gasteiger partial charge on any atom is -0.333 e. The molecule has 1 aromatic heterocycles. The molecule has 2 heterocycles. The van der Waals surface area contributed by atoms with Crippen molar-refractivity contribution in [1.29, 1.82) is 5.26 Å². The maximum atomic E-state index is 12.0. The number of nitrogens with one attached hydrogen (secondary N) is 1. The van der Waals surface area contributed by atoms with Crippen LogP contribution in [-0.4, -0.2) is 27.9 Å². The highest BCUT2D eigenvalue weighted by molar-refractivity contribution is 7.99. The van der Waals surface area contributed by atoms with Gasteiger partial charge < -0.3 is 5.32 Å². The van der Waals surface area contributed by atoms with Crippen molar-refractivity contribution in [2.75, 3.05) is 11.5 Å². The van der Waals surface area contributed by atoms with Gasteiger partial charge in [0, 0.05) is 28.3 Å². The van der Waals surface area contributed by atoms with Crippen LogP contribution in [0.4, 0.5) is 0 Å². The molecular formula is C15H19N3OS2. The predicted octanol–water partition coefficient (Wildman–Crippen LogP) is 2.97. The Balaban J connectivity index is 1.99. The van der Waals surface area contributed by atoms with Crippen LogP contribution in [0.5, 0.6) is 0 Å². The standard InChI is InChI=1S/C15H19N3OS2/c1-14(2,3)13-17-8-11(21-13)4-5-12(19)18-15(9-16)6-7-20-10-15/h4-5,8H,6-7,10H2,1-3H3,(H,18,19)/b5-4+/t15-/m1/s1. The van der Waals surface area contributed by atoms with Crippen molar-refractivity contribution < 1.29 is 4.79 Å². The molecule has 1 aliphatic heterocycles. The lowest BCUT2D eigenvalue weighted by Crippen LogP contribution is -2.46. The molecule has 0 saturated carbocycles. The maximum absolute atomic E-state index is 12.0. The number of thiazole rings is 1. The van der Waals surface area contributed by atoms with Gasteiger partial charge in [0.15, 0.2) is 0 Å². The first-order valence-corrected chi connectivity index (χ1v) is 8.77. The molecule has 0 radical (unpaired) electrons. The molecule has 0 unspecified atom stereocenters. The van der Waals surface area contributed by atoms with Gasteiger partial charge >= 0.3 is 0 Å². The molecule has 1 amide bonds. The van der Waals surface area contributed by atoms with E-state index in [0.29, 0.717) is 12.2 Å². The van der Waals surface area contributed by atoms with E-state index in [-0.39, 0.29) is 11.3 Å². The monoisotopic (exact) mass is 321 g/mol. The first kappa shape index (κ1) is 16.1. The third-order valence-corrected chi connectivity index (χ3v) is 5.74. The number of carbonyl (C=O) groups is 1. The molecule has 1 aliphatic rings. The molecule has 112 valence electrons. The van der Waals surface area contributed by atoms with E-state index in [1.807, 2.05) is 0 Å². The van der Waals surface area contributed by atoms with E-state index in [4.69, 9.17) is 0 Å². The number of hydrogen-bond acceptors (Lipinski definition) is 5. The fraction of sp³-hybridized carbons (Fsp3) is 0.533. The smallest absolute Gasteiger partial charge is 0.245 e. The van der Waals surface area contributed by atoms with E-state index in [9.17, 15) is 10.1 Å². The quantitative estimate of drug-likeness (QED) is 0.869. The lowest BCUT2D eigenvalue weighted by molar-refractivity contribution is -0.117. The van der Waals surface area contributed by atoms with Crippen LogP contribution in [0.25, 0.3) is 6.08 Å². The largest absolute Gasteiger partial charge is 0.333 e. The molecule has 1 N–H and O–H groups in total. The zero-order valence-corrected chi connectivity index (χ0v) is 14.1. The molecule has 1 saturated heterocycles. The van der Waals surface area contributed by atoms with Crippen molar-refractivity contribution in [2.24, 2.45) is 0 Å². The highest BCUT2D eigenvalue weighted by atomic mass is 32.2. The molecule has 21 heavy (non-hydrogen) atoms. The van der Waals surface area contributed by atoms with Crippen molar-refractivity contribution >= 4 is 35.1 Å². The fourth-order valence-electron chi connectivity index (χ4n) is 1.93. The Bertz CT molecular complexity index is 587. The third kappa shape index (κ3) is 4.08. The summed E-state index contributed by atoms with van der Waals surface area (Å²) < 4.78 is 0. The number of thioether (sulfide) groups is 1. The molecule has 6 heteroatoms. The summed E-state index contributed by atoms with van der Waals surface area (Å²) in [4.78, 5) is 17.3. The topological polar surface area (TPSA) is 65.8 Å². The van der Waals surface area contributed by atoms with Gasteiger partial charge in [0.25, 0.3) is 0 Å². The van der Waals surface area contributed by atoms with Gasteiger partial charge in [-0.05, 0) is 18.2 Å². The van der Waals surface area contributed by atoms with E-state index in [2.05, 4.69) is 37.1 Å². The van der Waals surface area contributed by atoms with Gasteiger partial charge in [0.1, 0.15) is 5.54 Å². The molecule has 0 aromatic carbocycles. The van der Waals surface area contributed by atoms with Crippen molar-refractivity contribution in [1.82, 2.24) is 10.3 Å². The van der Waals surface area contributed by atoms with Crippen molar-refractivity contribution in [3.8, 4) is 6.07 Å². The minimum absolute atomic E-state index is 0.0188. The number of aromatic nitrogens is 1. The second-order valence-electron chi connectivity index (χ2n) is 6.14. The normalized spacial score (nSPS) is 22.4. The highest BCUT2D eigenvalue weighted by Crippen LogP contribution is 2.28. The molecular weight excluding hydrogens is 302 g/mol. The zero-order valence-electron chi connectivity index (χ0n) is 12.5. The Morgan fingerprint density at radius 3 is 2.86 bits per heavy atom. The minimum atomic E-state index is -0.698. The van der Waals surface area contributed by atoms with Crippen LogP contribution in [0.3, 0.4) is 0 Å². The SMILES string of the molecule is CC(C)(C)c1ncc(/C=C/C(=O)N[C@@]2(C#N)CCSC2)s1. The number of nitriles is 1. The zero-order chi connectivity index (χ0) is 15.5. The maximum Gasteiger partial charge on any atom is 0.245 e. The molecule has 0 aliphatic carbocycles. The summed E-state index contributed by atoms with van der Waals surface area (Å²) in [5, 5.41) is 13.1. The Morgan fingerprint density at radius 1 is 1.57 bits per heavy atom. The summed E-state index contributed by atoms with van der Waals surface area (Å²) in [6.07, 6.45) is 5.74. The van der Waals surface area contributed by atoms with E-state index < -0.39 is 5.54 Å². The Morgan fingerprint density at radius 2 is 2.33 bits per heavy atom. The molecule has 4 nitrogen and oxygen atoms in total. The fourth-order valence-corrected chi connectivity index (χ4v) is 4.07. The van der Waals surface area contributed by atoms with Crippen LogP contribution in [0.1, 0.15) is 37.1 Å². The average Bonchev–Trinajstić information content (AvgIpc) is 3.05. The van der Waals surface area contributed by atoms with Crippen LogP contribution in [0, 0.1) is 11.3 Å². The van der Waals surface area contributed by atoms with Gasteiger partial charge in [-0.25, -0.2) is 4.98 Å². The van der Waals surface area contributed by atoms with Gasteiger partial charge in [0.05, 0.1) is 11.1 Å². The number of amides is 1. The lowest BCUT2D eigenvalue weighted by Gasteiger charge is -2.19. The number of rotatable bonds is 3. The number of carbonyl (C=O) groups excluding carboxylic acids is 1. The van der Waals surface area contributed by atoms with Crippen LogP contribution in [0.2, 0.25) is 0 Å². The van der Waals surface area contributed by atoms with Crippen LogP contribution in [-0.2, 0) is 10.2 Å². The van der Waals surface area contributed by atoms with Crippen LogP contribution in [0.15, 0.2) is 12.3 Å². The second kappa shape index (κ2) is 6.20. The van der Waals surface area contributed by atoms with Gasteiger partial charge in [-0.3, -0.25) is 4.79 Å². The summed E-state index contributed by atoms with van der Waals surface area (Å²) in [5.41, 5.74) is -0.679. The lowest BCUT2D eigenvalue weighted by atomic mass is 9.98. The Hall–Kier alpha value is -1.32. The molecule has 0 bridgehead atoms. The molecule has 1 fully saturated rings. The molecule has 1 aromatic rings. The summed E-state index contributed by atoms with van der Waals surface area (Å²) in [7, 11) is 0. The van der Waals surface area contributed by atoms with E-state index in [1.165, 1.54) is 6.08 Å². The molecule has 0 spiro atoms. The summed E-state index contributed by atoms with van der Waals surface area (Å²) in [6, 6.07) is 2.23. The first-order chi connectivity index (χ1) is 9.85. The van der Waals surface area contributed by atoms with E-state index in [1.54, 1.807) is 35.4 Å².